The molecule has 8 nitrogen and oxygen atoms in total. The highest BCUT2D eigenvalue weighted by atomic mass is 16.6. The van der Waals surface area contributed by atoms with Crippen molar-refractivity contribution in [3.05, 3.63) is 95.6 Å². The van der Waals surface area contributed by atoms with Crippen LogP contribution in [0.1, 0.15) is 49.8 Å². The molecule has 204 valence electrons. The number of hydrogen-bond donors (Lipinski definition) is 2. The minimum absolute atomic E-state index is 0.0576. The summed E-state index contributed by atoms with van der Waals surface area (Å²) in [7, 11) is 0. The molecule has 0 radical (unpaired) electrons. The van der Waals surface area contributed by atoms with Gasteiger partial charge < -0.3 is 24.8 Å². The summed E-state index contributed by atoms with van der Waals surface area (Å²) >= 11 is 0. The molecule has 2 amide bonds. The van der Waals surface area contributed by atoms with Crippen molar-refractivity contribution in [3.8, 4) is 11.1 Å². The Morgan fingerprint density at radius 2 is 1.38 bits per heavy atom. The van der Waals surface area contributed by atoms with Crippen LogP contribution < -0.4 is 10.6 Å². The highest BCUT2D eigenvalue weighted by Gasteiger charge is 2.30. The largest absolute Gasteiger partial charge is 0.459 e. The maximum atomic E-state index is 12.9. The number of fused-ring (bicyclic) bond motifs is 3. The van der Waals surface area contributed by atoms with Crippen LogP contribution in [-0.4, -0.2) is 43.0 Å². The van der Waals surface area contributed by atoms with E-state index in [1.165, 1.54) is 0 Å². The van der Waals surface area contributed by atoms with E-state index in [0.717, 1.165) is 27.8 Å². The number of hydrogen-bond acceptors (Lipinski definition) is 6. The van der Waals surface area contributed by atoms with Gasteiger partial charge in [-0.05, 0) is 55.0 Å². The predicted octanol–water partition coefficient (Wildman–Crippen LogP) is 5.55. The van der Waals surface area contributed by atoms with Crippen molar-refractivity contribution in [2.75, 3.05) is 13.2 Å². The highest BCUT2D eigenvalue weighted by Crippen LogP contribution is 2.44. The molecular formula is C31H34N2O6. The minimum Gasteiger partial charge on any atom is -0.459 e. The molecule has 0 saturated heterocycles. The van der Waals surface area contributed by atoms with Crippen molar-refractivity contribution in [3.63, 3.8) is 0 Å². The summed E-state index contributed by atoms with van der Waals surface area (Å²) < 4.78 is 16.3. The van der Waals surface area contributed by atoms with Crippen molar-refractivity contribution in [2.24, 2.45) is 0 Å². The molecule has 4 rings (SSSR count). The molecule has 0 bridgehead atoms. The van der Waals surface area contributed by atoms with E-state index in [1.54, 1.807) is 20.8 Å². The zero-order valence-electron chi connectivity index (χ0n) is 22.4. The molecule has 3 aromatic carbocycles. The minimum atomic E-state index is -1.03. The van der Waals surface area contributed by atoms with Crippen LogP contribution in [0.5, 0.6) is 0 Å². The molecule has 2 N–H and O–H groups in total. The first-order chi connectivity index (χ1) is 18.7. The molecule has 3 aromatic rings. The van der Waals surface area contributed by atoms with E-state index < -0.39 is 29.8 Å². The summed E-state index contributed by atoms with van der Waals surface area (Å²) in [4.78, 5) is 37.8. The van der Waals surface area contributed by atoms with Crippen molar-refractivity contribution < 1.29 is 28.6 Å². The molecule has 0 fully saturated rings. The molecule has 0 heterocycles. The Labute approximate surface area is 228 Å². The Kier molecular flexibility index (Phi) is 8.86. The molecule has 1 aliphatic rings. The number of esters is 1. The Hall–Kier alpha value is -4.33. The molecule has 8 heteroatoms. The summed E-state index contributed by atoms with van der Waals surface area (Å²) in [5.74, 6) is -0.737. The fourth-order valence-electron chi connectivity index (χ4n) is 4.49. The third-order valence-electron chi connectivity index (χ3n) is 6.25. The number of nitrogens with one attached hydrogen (secondary N) is 2. The molecule has 0 aromatic heterocycles. The van der Waals surface area contributed by atoms with Crippen LogP contribution in [0.15, 0.2) is 78.9 Å². The summed E-state index contributed by atoms with van der Waals surface area (Å²) in [5.41, 5.74) is 4.59. The van der Waals surface area contributed by atoms with Crippen LogP contribution in [0.25, 0.3) is 11.1 Å². The molecular weight excluding hydrogens is 496 g/mol. The van der Waals surface area contributed by atoms with Gasteiger partial charge in [-0.2, -0.15) is 0 Å². The summed E-state index contributed by atoms with van der Waals surface area (Å²) in [5, 5.41) is 5.23. The second-order valence-electron chi connectivity index (χ2n) is 10.3. The number of rotatable bonds is 9. The summed E-state index contributed by atoms with van der Waals surface area (Å²) in [6.07, 6.45) is -1.26. The van der Waals surface area contributed by atoms with Gasteiger partial charge in [-0.1, -0.05) is 78.9 Å². The lowest BCUT2D eigenvalue weighted by atomic mass is 9.98. The van der Waals surface area contributed by atoms with Gasteiger partial charge in [0.2, 0.25) is 0 Å². The summed E-state index contributed by atoms with van der Waals surface area (Å²) in [6.45, 7) is 5.53. The van der Waals surface area contributed by atoms with Gasteiger partial charge in [0.1, 0.15) is 24.9 Å². The predicted molar refractivity (Wildman–Crippen MR) is 147 cm³/mol. The van der Waals surface area contributed by atoms with E-state index in [4.69, 9.17) is 14.2 Å². The van der Waals surface area contributed by atoms with E-state index in [-0.39, 0.29) is 32.1 Å². The smallest absolute Gasteiger partial charge is 0.407 e. The topological polar surface area (TPSA) is 103 Å². The van der Waals surface area contributed by atoms with Crippen LogP contribution in [0.3, 0.4) is 0 Å². The van der Waals surface area contributed by atoms with Gasteiger partial charge in [0.05, 0.1) is 0 Å². The lowest BCUT2D eigenvalue weighted by molar-refractivity contribution is -0.147. The quantitative estimate of drug-likeness (QED) is 0.278. The third kappa shape index (κ3) is 7.60. The van der Waals surface area contributed by atoms with E-state index >= 15 is 0 Å². The molecule has 1 aliphatic carbocycles. The van der Waals surface area contributed by atoms with Gasteiger partial charge in [0.15, 0.2) is 0 Å². The van der Waals surface area contributed by atoms with Gasteiger partial charge in [-0.3, -0.25) is 0 Å². The molecule has 39 heavy (non-hydrogen) atoms. The molecule has 0 spiro atoms. The van der Waals surface area contributed by atoms with Crippen molar-refractivity contribution in [1.82, 2.24) is 10.6 Å². The van der Waals surface area contributed by atoms with Crippen LogP contribution in [0, 0.1) is 0 Å². The fraction of sp³-hybridized carbons (Fsp3) is 0.323. The second-order valence-corrected chi connectivity index (χ2v) is 10.3. The number of carbonyl (C=O) groups is 3. The van der Waals surface area contributed by atoms with E-state index in [2.05, 4.69) is 22.8 Å². The monoisotopic (exact) mass is 530 g/mol. The van der Waals surface area contributed by atoms with E-state index in [0.29, 0.717) is 0 Å². The number of amides is 2. The number of benzene rings is 3. The number of carbonyl (C=O) groups excluding carboxylic acids is 3. The average molecular weight is 531 g/mol. The van der Waals surface area contributed by atoms with Crippen molar-refractivity contribution in [2.45, 2.75) is 51.4 Å². The highest BCUT2D eigenvalue weighted by molar-refractivity contribution is 5.82. The van der Waals surface area contributed by atoms with Crippen LogP contribution in [-0.2, 0) is 25.6 Å². The first-order valence-electron chi connectivity index (χ1n) is 13.0. The van der Waals surface area contributed by atoms with Crippen molar-refractivity contribution >= 4 is 18.2 Å². The van der Waals surface area contributed by atoms with Crippen LogP contribution in [0.4, 0.5) is 9.59 Å². The van der Waals surface area contributed by atoms with E-state index in [1.807, 2.05) is 66.7 Å². The standard InChI is InChI=1S/C31H34N2O6/c1-31(2,3)39-29(35)32-18-17-27(28(34)37-19-21-11-5-4-6-12-21)33-30(36)38-20-26-24-15-9-7-13-22(24)23-14-8-10-16-25(23)26/h4-16,26-27H,17-20H2,1-3H3,(H,32,35)(H,33,36)/t27-/m1/s1. The molecule has 0 aliphatic heterocycles. The molecule has 1 atom stereocenters. The van der Waals surface area contributed by atoms with E-state index in [9.17, 15) is 14.4 Å². The Morgan fingerprint density at radius 1 is 0.795 bits per heavy atom. The van der Waals surface area contributed by atoms with Crippen LogP contribution >= 0.6 is 0 Å². The number of ether oxygens (including phenoxy) is 3. The Bertz CT molecular complexity index is 1260. The zero-order chi connectivity index (χ0) is 27.8. The average Bonchev–Trinajstić information content (AvgIpc) is 3.23. The van der Waals surface area contributed by atoms with Gasteiger partial charge >= 0.3 is 18.2 Å². The first kappa shape index (κ1) is 27.7. The zero-order valence-corrected chi connectivity index (χ0v) is 22.4. The lowest BCUT2D eigenvalue weighted by Gasteiger charge is -2.21. The second kappa shape index (κ2) is 12.5. The lowest BCUT2D eigenvalue weighted by Crippen LogP contribution is -2.44. The van der Waals surface area contributed by atoms with Gasteiger partial charge in [-0.25, -0.2) is 14.4 Å². The summed E-state index contributed by atoms with van der Waals surface area (Å²) in [6, 6.07) is 24.3. The van der Waals surface area contributed by atoms with Crippen LogP contribution in [0.2, 0.25) is 0 Å². The van der Waals surface area contributed by atoms with Gasteiger partial charge in [0, 0.05) is 12.5 Å². The number of alkyl carbamates (subject to hydrolysis) is 2. The normalized spacial score (nSPS) is 13.0. The third-order valence-corrected chi connectivity index (χ3v) is 6.25. The van der Waals surface area contributed by atoms with Gasteiger partial charge in [-0.15, -0.1) is 0 Å². The Morgan fingerprint density at radius 3 is 2.00 bits per heavy atom. The van der Waals surface area contributed by atoms with Gasteiger partial charge in [0.25, 0.3) is 0 Å². The maximum Gasteiger partial charge on any atom is 0.407 e. The maximum absolute atomic E-state index is 12.9. The van der Waals surface area contributed by atoms with Crippen molar-refractivity contribution in [1.29, 1.82) is 0 Å². The first-order valence-corrected chi connectivity index (χ1v) is 13.0. The fourth-order valence-corrected chi connectivity index (χ4v) is 4.49. The Balaban J connectivity index is 1.37. The SMILES string of the molecule is CC(C)(C)OC(=O)NCC[C@@H](NC(=O)OCC1c2ccccc2-c2ccccc21)C(=O)OCc1ccccc1. The molecule has 0 unspecified atom stereocenters. The molecule has 0 saturated carbocycles.